The molecule has 0 bridgehead atoms. The Hall–Kier alpha value is -1.81. The number of rotatable bonds is 4. The molecule has 0 atom stereocenters. The fraction of sp³-hybridized carbons (Fsp3) is 0.273. The second kappa shape index (κ2) is 6.21. The summed E-state index contributed by atoms with van der Waals surface area (Å²) in [6, 6.07) is 4.11. The summed E-state index contributed by atoms with van der Waals surface area (Å²) in [6.45, 7) is -1.36. The second-order valence-electron chi connectivity index (χ2n) is 3.05. The SMILES string of the molecule is CCOC(=O)c1c(C#N)ccc(OC(F)F)c1S. The van der Waals surface area contributed by atoms with Gasteiger partial charge in [-0.1, -0.05) is 0 Å². The molecule has 0 saturated carbocycles. The van der Waals surface area contributed by atoms with Gasteiger partial charge >= 0.3 is 12.6 Å². The summed E-state index contributed by atoms with van der Waals surface area (Å²) < 4.78 is 33.2. The van der Waals surface area contributed by atoms with E-state index in [0.717, 1.165) is 6.07 Å². The van der Waals surface area contributed by atoms with Crippen LogP contribution in [0.2, 0.25) is 0 Å². The number of nitrogens with zero attached hydrogens (tertiary/aromatic N) is 1. The number of hydrogen-bond donors (Lipinski definition) is 1. The van der Waals surface area contributed by atoms with Crippen LogP contribution in [0.5, 0.6) is 5.75 Å². The van der Waals surface area contributed by atoms with Gasteiger partial charge in [-0.15, -0.1) is 12.6 Å². The molecule has 4 nitrogen and oxygen atoms in total. The topological polar surface area (TPSA) is 59.3 Å². The molecule has 0 N–H and O–H groups in total. The van der Waals surface area contributed by atoms with Crippen LogP contribution >= 0.6 is 12.6 Å². The Kier molecular flexibility index (Phi) is 4.92. The van der Waals surface area contributed by atoms with Crippen molar-refractivity contribution in [3.63, 3.8) is 0 Å². The van der Waals surface area contributed by atoms with E-state index in [-0.39, 0.29) is 28.4 Å². The normalized spacial score (nSPS) is 10.0. The molecule has 18 heavy (non-hydrogen) atoms. The van der Waals surface area contributed by atoms with Gasteiger partial charge in [-0.05, 0) is 19.1 Å². The number of carbonyl (C=O) groups excluding carboxylic acids is 1. The molecule has 7 heteroatoms. The van der Waals surface area contributed by atoms with Crippen molar-refractivity contribution < 1.29 is 23.0 Å². The van der Waals surface area contributed by atoms with Gasteiger partial charge in [0, 0.05) is 0 Å². The molecule has 1 rings (SSSR count). The van der Waals surface area contributed by atoms with Crippen LogP contribution in [0, 0.1) is 11.3 Å². The number of carbonyl (C=O) groups is 1. The lowest BCUT2D eigenvalue weighted by atomic mass is 10.1. The molecule has 0 spiro atoms. The zero-order chi connectivity index (χ0) is 13.7. The number of nitriles is 1. The predicted octanol–water partition coefficient (Wildman–Crippen LogP) is 2.63. The molecule has 0 fully saturated rings. The monoisotopic (exact) mass is 273 g/mol. The molecule has 0 aromatic heterocycles. The van der Waals surface area contributed by atoms with Crippen molar-refractivity contribution in [2.45, 2.75) is 18.4 Å². The molecule has 1 aromatic carbocycles. The van der Waals surface area contributed by atoms with Gasteiger partial charge < -0.3 is 9.47 Å². The fourth-order valence-electron chi connectivity index (χ4n) is 1.27. The first kappa shape index (κ1) is 14.3. The van der Waals surface area contributed by atoms with Crippen molar-refractivity contribution in [1.82, 2.24) is 0 Å². The third kappa shape index (κ3) is 3.11. The van der Waals surface area contributed by atoms with Gasteiger partial charge in [-0.3, -0.25) is 0 Å². The molecular weight excluding hydrogens is 264 g/mol. The van der Waals surface area contributed by atoms with E-state index in [2.05, 4.69) is 17.4 Å². The van der Waals surface area contributed by atoms with Gasteiger partial charge in [0.15, 0.2) is 0 Å². The molecule has 0 unspecified atom stereocenters. The van der Waals surface area contributed by atoms with Gasteiger partial charge in [0.2, 0.25) is 0 Å². The Balaban J connectivity index is 3.28. The molecule has 96 valence electrons. The lowest BCUT2D eigenvalue weighted by Crippen LogP contribution is -2.10. The van der Waals surface area contributed by atoms with Gasteiger partial charge in [0.1, 0.15) is 11.8 Å². The maximum absolute atomic E-state index is 12.1. The molecule has 0 amide bonds. The Morgan fingerprint density at radius 2 is 2.22 bits per heavy atom. The van der Waals surface area contributed by atoms with Crippen molar-refractivity contribution in [1.29, 1.82) is 5.26 Å². The van der Waals surface area contributed by atoms with Crippen LogP contribution in [-0.4, -0.2) is 19.2 Å². The van der Waals surface area contributed by atoms with Crippen molar-refractivity contribution in [3.8, 4) is 11.8 Å². The van der Waals surface area contributed by atoms with E-state index in [1.54, 1.807) is 13.0 Å². The molecule has 0 aliphatic heterocycles. The summed E-state index contributed by atoms with van der Waals surface area (Å²) in [7, 11) is 0. The number of esters is 1. The van der Waals surface area contributed by atoms with Crippen molar-refractivity contribution in [2.24, 2.45) is 0 Å². The molecule has 0 aliphatic rings. The standard InChI is InChI=1S/C11H9F2NO3S/c1-2-16-10(15)8-6(5-14)3-4-7(9(8)18)17-11(12)13/h3-4,11,18H,2H2,1H3. The van der Waals surface area contributed by atoms with Crippen molar-refractivity contribution in [2.75, 3.05) is 6.61 Å². The van der Waals surface area contributed by atoms with E-state index in [0.29, 0.717) is 0 Å². The Morgan fingerprint density at radius 3 is 2.72 bits per heavy atom. The first-order valence-electron chi connectivity index (χ1n) is 4.89. The summed E-state index contributed by atoms with van der Waals surface area (Å²) in [5, 5.41) is 8.85. The molecule has 0 radical (unpaired) electrons. The Bertz CT molecular complexity index is 500. The molecule has 1 aromatic rings. The minimum Gasteiger partial charge on any atom is -0.462 e. The molecular formula is C11H9F2NO3S. The minimum atomic E-state index is -3.04. The number of hydrogen-bond acceptors (Lipinski definition) is 5. The zero-order valence-electron chi connectivity index (χ0n) is 9.31. The minimum absolute atomic E-state index is 0.0138. The van der Waals surface area contributed by atoms with Crippen LogP contribution in [0.15, 0.2) is 17.0 Å². The number of thiol groups is 1. The largest absolute Gasteiger partial charge is 0.462 e. The third-order valence-electron chi connectivity index (χ3n) is 1.96. The van der Waals surface area contributed by atoms with E-state index in [9.17, 15) is 13.6 Å². The van der Waals surface area contributed by atoms with E-state index < -0.39 is 12.6 Å². The average molecular weight is 273 g/mol. The van der Waals surface area contributed by atoms with E-state index in [1.807, 2.05) is 0 Å². The summed E-state index contributed by atoms with van der Waals surface area (Å²) in [4.78, 5) is 11.5. The number of halogens is 2. The van der Waals surface area contributed by atoms with Crippen LogP contribution in [0.25, 0.3) is 0 Å². The summed E-state index contributed by atoms with van der Waals surface area (Å²) in [5.41, 5.74) is -0.194. The summed E-state index contributed by atoms with van der Waals surface area (Å²) >= 11 is 3.93. The van der Waals surface area contributed by atoms with Crippen molar-refractivity contribution >= 4 is 18.6 Å². The van der Waals surface area contributed by atoms with Gasteiger partial charge in [0.25, 0.3) is 0 Å². The second-order valence-corrected chi connectivity index (χ2v) is 3.49. The highest BCUT2D eigenvalue weighted by Crippen LogP contribution is 2.30. The molecule has 0 aliphatic carbocycles. The maximum atomic E-state index is 12.1. The van der Waals surface area contributed by atoms with Crippen LogP contribution in [-0.2, 0) is 4.74 Å². The van der Waals surface area contributed by atoms with Crippen LogP contribution < -0.4 is 4.74 Å². The fourth-order valence-corrected chi connectivity index (χ4v) is 1.61. The first-order chi connectivity index (χ1) is 8.51. The third-order valence-corrected chi connectivity index (χ3v) is 2.40. The highest BCUT2D eigenvalue weighted by atomic mass is 32.1. The highest BCUT2D eigenvalue weighted by Gasteiger charge is 2.21. The smallest absolute Gasteiger partial charge is 0.387 e. The van der Waals surface area contributed by atoms with Crippen LogP contribution in [0.4, 0.5) is 8.78 Å². The van der Waals surface area contributed by atoms with E-state index >= 15 is 0 Å². The molecule has 0 heterocycles. The Morgan fingerprint density at radius 1 is 1.56 bits per heavy atom. The number of ether oxygens (including phenoxy) is 2. The predicted molar refractivity (Wildman–Crippen MR) is 61.0 cm³/mol. The van der Waals surface area contributed by atoms with Crippen molar-refractivity contribution in [3.05, 3.63) is 23.3 Å². The maximum Gasteiger partial charge on any atom is 0.387 e. The zero-order valence-corrected chi connectivity index (χ0v) is 10.2. The Labute approximate surface area is 108 Å². The first-order valence-corrected chi connectivity index (χ1v) is 5.34. The highest BCUT2D eigenvalue weighted by molar-refractivity contribution is 7.80. The van der Waals surface area contributed by atoms with Crippen LogP contribution in [0.3, 0.4) is 0 Å². The summed E-state index contributed by atoms with van der Waals surface area (Å²) in [6.07, 6.45) is 0. The quantitative estimate of drug-likeness (QED) is 0.676. The number of alkyl halides is 2. The van der Waals surface area contributed by atoms with Gasteiger partial charge in [-0.25, -0.2) is 4.79 Å². The van der Waals surface area contributed by atoms with E-state index in [4.69, 9.17) is 10.00 Å². The molecule has 0 saturated heterocycles. The van der Waals surface area contributed by atoms with Crippen LogP contribution in [0.1, 0.15) is 22.8 Å². The van der Waals surface area contributed by atoms with E-state index in [1.165, 1.54) is 6.07 Å². The summed E-state index contributed by atoms with van der Waals surface area (Å²) in [5.74, 6) is -1.09. The van der Waals surface area contributed by atoms with Gasteiger partial charge in [-0.2, -0.15) is 14.0 Å². The lowest BCUT2D eigenvalue weighted by Gasteiger charge is -2.11. The van der Waals surface area contributed by atoms with Gasteiger partial charge in [0.05, 0.1) is 22.6 Å². The average Bonchev–Trinajstić information content (AvgIpc) is 2.31. The number of benzene rings is 1. The lowest BCUT2D eigenvalue weighted by molar-refractivity contribution is -0.0517.